The molecule has 0 radical (unpaired) electrons. The Morgan fingerprint density at radius 1 is 1.25 bits per heavy atom. The number of halogens is 2. The van der Waals surface area contributed by atoms with Crippen molar-refractivity contribution in [3.05, 3.63) is 63.7 Å². The number of pyridine rings is 1. The minimum absolute atomic E-state index is 0.0933. The Labute approximate surface area is 232 Å². The predicted octanol–water partition coefficient (Wildman–Crippen LogP) is 1.78. The minimum Gasteiger partial charge on any atom is -0.504 e. The van der Waals surface area contributed by atoms with E-state index in [4.69, 9.17) is 17.3 Å². The van der Waals surface area contributed by atoms with E-state index in [0.29, 0.717) is 17.5 Å². The lowest BCUT2D eigenvalue weighted by molar-refractivity contribution is -0.116. The molecule has 40 heavy (non-hydrogen) atoms. The summed E-state index contributed by atoms with van der Waals surface area (Å²) in [6.07, 6.45) is 4.23. The average Bonchev–Trinajstić information content (AvgIpc) is 3.22. The number of aromatic nitrogens is 4. The number of carbonyl (C=O) groups excluding carboxylic acids is 2. The van der Waals surface area contributed by atoms with E-state index < -0.39 is 34.5 Å². The summed E-state index contributed by atoms with van der Waals surface area (Å²) in [6, 6.07) is 4.26. The Kier molecular flexibility index (Phi) is 6.94. The quantitative estimate of drug-likeness (QED) is 0.305. The molecule has 12 nitrogen and oxygen atoms in total. The summed E-state index contributed by atoms with van der Waals surface area (Å²) in [5, 5.41) is 13.0. The van der Waals surface area contributed by atoms with E-state index >= 15 is 0 Å². The normalized spacial score (nSPS) is 13.6. The molecule has 2 amide bonds. The molecule has 208 valence electrons. The summed E-state index contributed by atoms with van der Waals surface area (Å²) in [5.41, 5.74) is 5.23. The molecule has 0 unspecified atom stereocenters. The van der Waals surface area contributed by atoms with E-state index in [1.54, 1.807) is 6.07 Å². The van der Waals surface area contributed by atoms with Crippen LogP contribution in [-0.2, 0) is 18.4 Å². The molecule has 4 aromatic rings. The standard InChI is InChI=1S/C26H26ClFN8O4/c1-33(2)14-8-35(9-14)20-6-19(17(27)7-30-20)32-21(37)11-36-10-16(22-25(36)31-12-34(3)26(22)40)13-4-15(24(29)39)23(38)18(28)5-13/h4-7,10,12,14,38H,8-9,11H2,1-3H3,(H2,29,39)(H,30,32,37). The van der Waals surface area contributed by atoms with Crippen molar-refractivity contribution in [1.82, 2.24) is 24.0 Å². The van der Waals surface area contributed by atoms with Crippen LogP contribution in [0.25, 0.3) is 22.2 Å². The average molecular weight is 569 g/mol. The Hall–Kier alpha value is -4.49. The highest BCUT2D eigenvalue weighted by Crippen LogP contribution is 2.33. The highest BCUT2D eigenvalue weighted by Gasteiger charge is 2.29. The molecule has 3 aromatic heterocycles. The summed E-state index contributed by atoms with van der Waals surface area (Å²) < 4.78 is 17.2. The lowest BCUT2D eigenvalue weighted by atomic mass is 10.0. The van der Waals surface area contributed by atoms with Crippen molar-refractivity contribution in [2.75, 3.05) is 37.4 Å². The highest BCUT2D eigenvalue weighted by atomic mass is 35.5. The van der Waals surface area contributed by atoms with Crippen LogP contribution in [-0.4, -0.2) is 74.1 Å². The Balaban J connectivity index is 1.47. The number of rotatable bonds is 7. The van der Waals surface area contributed by atoms with Crippen molar-refractivity contribution in [3.8, 4) is 16.9 Å². The van der Waals surface area contributed by atoms with Gasteiger partial charge in [-0.05, 0) is 31.8 Å². The van der Waals surface area contributed by atoms with Crippen LogP contribution in [0.15, 0.2) is 41.7 Å². The lowest BCUT2D eigenvalue weighted by Crippen LogP contribution is -2.57. The van der Waals surface area contributed by atoms with Gasteiger partial charge in [-0.1, -0.05) is 11.6 Å². The lowest BCUT2D eigenvalue weighted by Gasteiger charge is -2.43. The number of fused-ring (bicyclic) bond motifs is 1. The van der Waals surface area contributed by atoms with Crippen LogP contribution in [0, 0.1) is 5.82 Å². The molecule has 14 heteroatoms. The van der Waals surface area contributed by atoms with Gasteiger partial charge < -0.3 is 35.1 Å². The number of nitrogens with zero attached hydrogens (tertiary/aromatic N) is 6. The molecule has 1 aromatic carbocycles. The largest absolute Gasteiger partial charge is 0.504 e. The molecular formula is C26H26ClFN8O4. The summed E-state index contributed by atoms with van der Waals surface area (Å²) in [7, 11) is 5.52. The van der Waals surface area contributed by atoms with Gasteiger partial charge in [-0.2, -0.15) is 0 Å². The third-order valence-electron chi connectivity index (χ3n) is 6.92. The van der Waals surface area contributed by atoms with Gasteiger partial charge in [-0.25, -0.2) is 14.4 Å². The molecule has 0 atom stereocenters. The van der Waals surface area contributed by atoms with Gasteiger partial charge in [0.1, 0.15) is 18.0 Å². The minimum atomic E-state index is -1.09. The van der Waals surface area contributed by atoms with Crippen LogP contribution in [0.5, 0.6) is 5.75 Å². The molecule has 1 aliphatic heterocycles. The van der Waals surface area contributed by atoms with Crippen molar-refractivity contribution >= 4 is 46.0 Å². The molecule has 4 heterocycles. The number of hydrogen-bond donors (Lipinski definition) is 3. The fourth-order valence-corrected chi connectivity index (χ4v) is 4.71. The first-order chi connectivity index (χ1) is 18.9. The van der Waals surface area contributed by atoms with E-state index in [9.17, 15) is 23.9 Å². The molecule has 5 rings (SSSR count). The fraction of sp³-hybridized carbons (Fsp3) is 0.269. The first kappa shape index (κ1) is 27.1. The van der Waals surface area contributed by atoms with Gasteiger partial charge in [0.2, 0.25) is 5.91 Å². The number of benzene rings is 1. The van der Waals surface area contributed by atoms with Gasteiger partial charge in [0.15, 0.2) is 11.6 Å². The Morgan fingerprint density at radius 3 is 2.65 bits per heavy atom. The first-order valence-electron chi connectivity index (χ1n) is 12.2. The van der Waals surface area contributed by atoms with Gasteiger partial charge in [-0.3, -0.25) is 14.4 Å². The number of hydrogen-bond acceptors (Lipinski definition) is 8. The van der Waals surface area contributed by atoms with Gasteiger partial charge in [0.25, 0.3) is 11.5 Å². The summed E-state index contributed by atoms with van der Waals surface area (Å²) in [5.74, 6) is -2.82. The van der Waals surface area contributed by atoms with E-state index in [0.717, 1.165) is 19.2 Å². The van der Waals surface area contributed by atoms with Crippen LogP contribution in [0.1, 0.15) is 10.4 Å². The molecule has 4 N–H and O–H groups in total. The summed E-state index contributed by atoms with van der Waals surface area (Å²) >= 11 is 6.31. The molecule has 1 aliphatic rings. The number of carbonyl (C=O) groups is 2. The predicted molar refractivity (Wildman–Crippen MR) is 148 cm³/mol. The topological polar surface area (TPSA) is 152 Å². The van der Waals surface area contributed by atoms with Gasteiger partial charge in [-0.15, -0.1) is 0 Å². The Bertz CT molecular complexity index is 1730. The molecule has 0 bridgehead atoms. The number of anilines is 2. The number of aromatic hydroxyl groups is 1. The number of aryl methyl sites for hydroxylation is 1. The monoisotopic (exact) mass is 568 g/mol. The van der Waals surface area contributed by atoms with Crippen LogP contribution >= 0.6 is 11.6 Å². The number of nitrogens with one attached hydrogen (secondary N) is 1. The SMILES string of the molecule is CN(C)C1CN(c2cc(NC(=O)Cn3cc(-c4cc(F)c(O)c(C(N)=O)c4)c4c(=O)n(C)cnc43)c(Cl)cn2)C1. The zero-order chi connectivity index (χ0) is 28.9. The number of amides is 2. The van der Waals surface area contributed by atoms with E-state index in [1.165, 1.54) is 41.0 Å². The van der Waals surface area contributed by atoms with Crippen LogP contribution in [0.4, 0.5) is 15.9 Å². The van der Waals surface area contributed by atoms with Crippen molar-refractivity contribution < 1.29 is 19.1 Å². The molecular weight excluding hydrogens is 543 g/mol. The summed E-state index contributed by atoms with van der Waals surface area (Å²) in [4.78, 5) is 50.8. The smallest absolute Gasteiger partial charge is 0.263 e. The van der Waals surface area contributed by atoms with E-state index in [2.05, 4.69) is 25.1 Å². The number of phenols is 1. The molecule has 0 saturated carbocycles. The van der Waals surface area contributed by atoms with Crippen molar-refractivity contribution in [3.63, 3.8) is 0 Å². The van der Waals surface area contributed by atoms with Crippen molar-refractivity contribution in [2.45, 2.75) is 12.6 Å². The molecule has 0 spiro atoms. The van der Waals surface area contributed by atoms with Gasteiger partial charge in [0.05, 0.1) is 34.2 Å². The van der Waals surface area contributed by atoms with Gasteiger partial charge >= 0.3 is 0 Å². The van der Waals surface area contributed by atoms with Crippen LogP contribution in [0.2, 0.25) is 5.02 Å². The number of nitrogens with two attached hydrogens (primary N) is 1. The maximum atomic E-state index is 14.5. The maximum Gasteiger partial charge on any atom is 0.263 e. The molecule has 0 aliphatic carbocycles. The Morgan fingerprint density at radius 2 is 1.98 bits per heavy atom. The van der Waals surface area contributed by atoms with E-state index in [-0.39, 0.29) is 33.7 Å². The third kappa shape index (κ3) is 4.84. The first-order valence-corrected chi connectivity index (χ1v) is 12.6. The molecule has 1 saturated heterocycles. The van der Waals surface area contributed by atoms with E-state index in [1.807, 2.05) is 14.1 Å². The second-order valence-electron chi connectivity index (χ2n) is 9.84. The van der Waals surface area contributed by atoms with Crippen LogP contribution in [0.3, 0.4) is 0 Å². The van der Waals surface area contributed by atoms with Gasteiger partial charge in [0, 0.05) is 44.0 Å². The maximum absolute atomic E-state index is 14.5. The number of primary amides is 1. The van der Waals surface area contributed by atoms with Crippen molar-refractivity contribution in [1.29, 1.82) is 0 Å². The fourth-order valence-electron chi connectivity index (χ4n) is 4.56. The highest BCUT2D eigenvalue weighted by molar-refractivity contribution is 6.33. The second-order valence-corrected chi connectivity index (χ2v) is 10.2. The second kappa shape index (κ2) is 10.2. The number of likely N-dealkylation sites (N-methyl/N-ethyl adjacent to an activating group) is 1. The molecule has 1 fully saturated rings. The zero-order valence-electron chi connectivity index (χ0n) is 21.9. The summed E-state index contributed by atoms with van der Waals surface area (Å²) in [6.45, 7) is 1.33. The third-order valence-corrected chi connectivity index (χ3v) is 7.22. The zero-order valence-corrected chi connectivity index (χ0v) is 22.6. The van der Waals surface area contributed by atoms with Crippen molar-refractivity contribution in [2.24, 2.45) is 12.8 Å². The van der Waals surface area contributed by atoms with Crippen LogP contribution < -0.4 is 21.5 Å².